The Morgan fingerprint density at radius 2 is 1.44 bits per heavy atom. The van der Waals surface area contributed by atoms with Crippen molar-refractivity contribution in [2.24, 2.45) is 0 Å². The molecule has 1 aliphatic heterocycles. The molecule has 5 nitrogen and oxygen atoms in total. The van der Waals surface area contributed by atoms with Gasteiger partial charge in [-0.1, -0.05) is 12.1 Å². The zero-order valence-corrected chi connectivity index (χ0v) is 15.5. The summed E-state index contributed by atoms with van der Waals surface area (Å²) >= 11 is 3.42. The van der Waals surface area contributed by atoms with Crippen molar-refractivity contribution in [3.63, 3.8) is 0 Å². The molecule has 0 atom stereocenters. The molecule has 1 saturated heterocycles. The summed E-state index contributed by atoms with van der Waals surface area (Å²) in [4.78, 5) is 28.8. The van der Waals surface area contributed by atoms with E-state index in [2.05, 4.69) is 15.9 Å². The number of benzene rings is 2. The Morgan fingerprint density at radius 3 is 2.00 bits per heavy atom. The van der Waals surface area contributed by atoms with Crippen LogP contribution in [0.25, 0.3) is 0 Å². The van der Waals surface area contributed by atoms with Gasteiger partial charge >= 0.3 is 0 Å². The summed E-state index contributed by atoms with van der Waals surface area (Å²) < 4.78 is 5.90. The largest absolute Gasteiger partial charge is 0.497 e. The van der Waals surface area contributed by atoms with Crippen LogP contribution in [-0.2, 0) is 0 Å². The first-order chi connectivity index (χ1) is 12.1. The van der Waals surface area contributed by atoms with Crippen LogP contribution in [0.5, 0.6) is 5.75 Å². The molecular formula is C19H19BrN2O3. The first kappa shape index (κ1) is 17.5. The van der Waals surface area contributed by atoms with E-state index >= 15 is 0 Å². The van der Waals surface area contributed by atoms with E-state index in [4.69, 9.17) is 4.74 Å². The standard InChI is InChI=1S/C19H19BrN2O3/c1-25-15-8-6-14(7-9-15)18(23)21-10-12-22(13-11-21)19(24)16-4-2-3-5-17(16)20/h2-9H,10-13H2,1H3. The molecule has 2 aromatic carbocycles. The minimum atomic E-state index is -0.0179. The molecule has 1 fully saturated rings. The summed E-state index contributed by atoms with van der Waals surface area (Å²) in [6, 6.07) is 14.5. The highest BCUT2D eigenvalue weighted by Gasteiger charge is 2.26. The Labute approximate surface area is 155 Å². The van der Waals surface area contributed by atoms with E-state index in [1.807, 2.05) is 18.2 Å². The molecule has 2 amide bonds. The van der Waals surface area contributed by atoms with E-state index in [9.17, 15) is 9.59 Å². The third-order valence-corrected chi connectivity index (χ3v) is 4.99. The smallest absolute Gasteiger partial charge is 0.255 e. The maximum absolute atomic E-state index is 12.6. The van der Waals surface area contributed by atoms with Gasteiger partial charge in [0, 0.05) is 36.2 Å². The van der Waals surface area contributed by atoms with Crippen LogP contribution >= 0.6 is 15.9 Å². The van der Waals surface area contributed by atoms with Gasteiger partial charge in [0.25, 0.3) is 11.8 Å². The summed E-state index contributed by atoms with van der Waals surface area (Å²) in [6.07, 6.45) is 0. The molecule has 0 aliphatic carbocycles. The van der Waals surface area contributed by atoms with E-state index in [0.29, 0.717) is 37.3 Å². The molecule has 1 aliphatic rings. The summed E-state index contributed by atoms with van der Waals surface area (Å²) in [5.74, 6) is 0.695. The highest BCUT2D eigenvalue weighted by Crippen LogP contribution is 2.19. The van der Waals surface area contributed by atoms with Gasteiger partial charge in [-0.15, -0.1) is 0 Å². The molecule has 3 rings (SSSR count). The molecule has 0 unspecified atom stereocenters. The fraction of sp³-hybridized carbons (Fsp3) is 0.263. The van der Waals surface area contributed by atoms with E-state index in [0.717, 1.165) is 10.2 Å². The maximum atomic E-state index is 12.6. The van der Waals surface area contributed by atoms with Gasteiger partial charge in [-0.2, -0.15) is 0 Å². The van der Waals surface area contributed by atoms with Crippen molar-refractivity contribution >= 4 is 27.7 Å². The number of amides is 2. The molecule has 2 aromatic rings. The van der Waals surface area contributed by atoms with Gasteiger partial charge in [-0.3, -0.25) is 9.59 Å². The predicted octanol–water partition coefficient (Wildman–Crippen LogP) is 3.06. The molecule has 1 heterocycles. The normalized spacial score (nSPS) is 14.3. The van der Waals surface area contributed by atoms with Crippen molar-refractivity contribution in [3.05, 3.63) is 64.1 Å². The summed E-state index contributed by atoms with van der Waals surface area (Å²) in [7, 11) is 1.60. The second-order valence-corrected chi connectivity index (χ2v) is 6.65. The van der Waals surface area contributed by atoms with E-state index in [1.54, 1.807) is 47.2 Å². The number of ether oxygens (including phenoxy) is 1. The number of halogens is 1. The lowest BCUT2D eigenvalue weighted by Gasteiger charge is -2.35. The monoisotopic (exact) mass is 402 g/mol. The van der Waals surface area contributed by atoms with Gasteiger partial charge < -0.3 is 14.5 Å². The highest BCUT2D eigenvalue weighted by molar-refractivity contribution is 9.10. The average molecular weight is 403 g/mol. The van der Waals surface area contributed by atoms with Crippen LogP contribution in [-0.4, -0.2) is 54.9 Å². The summed E-state index contributed by atoms with van der Waals surface area (Å²) in [5, 5.41) is 0. The second kappa shape index (κ2) is 7.70. The van der Waals surface area contributed by atoms with Crippen LogP contribution in [0.4, 0.5) is 0 Å². The van der Waals surface area contributed by atoms with Crippen molar-refractivity contribution < 1.29 is 14.3 Å². The van der Waals surface area contributed by atoms with E-state index < -0.39 is 0 Å². The molecular weight excluding hydrogens is 384 g/mol. The topological polar surface area (TPSA) is 49.9 Å². The first-order valence-electron chi connectivity index (χ1n) is 8.07. The van der Waals surface area contributed by atoms with Crippen molar-refractivity contribution in [2.45, 2.75) is 0 Å². The van der Waals surface area contributed by atoms with Crippen LogP contribution in [0.3, 0.4) is 0 Å². The number of piperazine rings is 1. The lowest BCUT2D eigenvalue weighted by Crippen LogP contribution is -2.50. The number of carbonyl (C=O) groups excluding carboxylic acids is 2. The van der Waals surface area contributed by atoms with E-state index in [1.165, 1.54) is 0 Å². The van der Waals surface area contributed by atoms with Gasteiger partial charge in [0.05, 0.1) is 12.7 Å². The van der Waals surface area contributed by atoms with Crippen LogP contribution in [0, 0.1) is 0 Å². The third kappa shape index (κ3) is 3.85. The maximum Gasteiger partial charge on any atom is 0.255 e. The fourth-order valence-corrected chi connectivity index (χ4v) is 3.29. The van der Waals surface area contributed by atoms with Crippen molar-refractivity contribution in [3.8, 4) is 5.75 Å². The molecule has 25 heavy (non-hydrogen) atoms. The Balaban J connectivity index is 1.62. The average Bonchev–Trinajstić information content (AvgIpc) is 2.67. The summed E-state index contributed by atoms with van der Waals surface area (Å²) in [5.41, 5.74) is 1.28. The Kier molecular flexibility index (Phi) is 5.38. The van der Waals surface area contributed by atoms with Gasteiger partial charge in [-0.05, 0) is 52.3 Å². The van der Waals surface area contributed by atoms with Crippen LogP contribution in [0.2, 0.25) is 0 Å². The second-order valence-electron chi connectivity index (χ2n) is 5.79. The Morgan fingerprint density at radius 1 is 0.880 bits per heavy atom. The first-order valence-corrected chi connectivity index (χ1v) is 8.86. The minimum Gasteiger partial charge on any atom is -0.497 e. The molecule has 0 N–H and O–H groups in total. The van der Waals surface area contributed by atoms with Gasteiger partial charge in [0.15, 0.2) is 0 Å². The molecule has 0 aromatic heterocycles. The number of rotatable bonds is 3. The minimum absolute atomic E-state index is 0.0102. The van der Waals surface area contributed by atoms with Crippen LogP contribution in [0.1, 0.15) is 20.7 Å². The number of hydrogen-bond acceptors (Lipinski definition) is 3. The van der Waals surface area contributed by atoms with Gasteiger partial charge in [0.2, 0.25) is 0 Å². The highest BCUT2D eigenvalue weighted by atomic mass is 79.9. The predicted molar refractivity (Wildman–Crippen MR) is 98.9 cm³/mol. The third-order valence-electron chi connectivity index (χ3n) is 4.30. The fourth-order valence-electron chi connectivity index (χ4n) is 2.83. The molecule has 6 heteroatoms. The molecule has 130 valence electrons. The number of methoxy groups -OCH3 is 1. The lowest BCUT2D eigenvalue weighted by molar-refractivity contribution is 0.0535. The van der Waals surface area contributed by atoms with Gasteiger partial charge in [0.1, 0.15) is 5.75 Å². The molecule has 0 spiro atoms. The number of nitrogens with zero attached hydrogens (tertiary/aromatic N) is 2. The SMILES string of the molecule is COc1ccc(C(=O)N2CCN(C(=O)c3ccccc3Br)CC2)cc1. The van der Waals surface area contributed by atoms with Crippen molar-refractivity contribution in [2.75, 3.05) is 33.3 Å². The van der Waals surface area contributed by atoms with Crippen LogP contribution in [0.15, 0.2) is 53.0 Å². The zero-order valence-electron chi connectivity index (χ0n) is 13.9. The molecule has 0 saturated carbocycles. The Bertz CT molecular complexity index is 768. The quantitative estimate of drug-likeness (QED) is 0.792. The Hall–Kier alpha value is -2.34. The van der Waals surface area contributed by atoms with Crippen LogP contribution < -0.4 is 4.74 Å². The number of carbonyl (C=O) groups is 2. The number of hydrogen-bond donors (Lipinski definition) is 0. The molecule has 0 radical (unpaired) electrons. The lowest BCUT2D eigenvalue weighted by atomic mass is 10.1. The summed E-state index contributed by atoms with van der Waals surface area (Å²) in [6.45, 7) is 2.12. The van der Waals surface area contributed by atoms with E-state index in [-0.39, 0.29) is 11.8 Å². The zero-order chi connectivity index (χ0) is 17.8. The van der Waals surface area contributed by atoms with Gasteiger partial charge in [-0.25, -0.2) is 0 Å². The van der Waals surface area contributed by atoms with Crippen molar-refractivity contribution in [1.29, 1.82) is 0 Å². The van der Waals surface area contributed by atoms with Crippen molar-refractivity contribution in [1.82, 2.24) is 9.80 Å². The molecule has 0 bridgehead atoms.